The van der Waals surface area contributed by atoms with Crippen molar-refractivity contribution in [1.82, 2.24) is 4.31 Å². The van der Waals surface area contributed by atoms with Crippen LogP contribution < -0.4 is 4.74 Å². The highest BCUT2D eigenvalue weighted by atomic mass is 32.2. The molecular formula is C13H19NO6S. The Kier molecular flexibility index (Phi) is 6.13. The zero-order valence-electron chi connectivity index (χ0n) is 11.9. The molecule has 21 heavy (non-hydrogen) atoms. The molecule has 0 aliphatic heterocycles. The van der Waals surface area contributed by atoms with Crippen molar-refractivity contribution in [3.05, 3.63) is 23.8 Å². The SMILES string of the molecule is CCN(CCCO)S(=O)(=O)c1ccc(OC)c(C(=O)O)c1. The van der Waals surface area contributed by atoms with E-state index in [2.05, 4.69) is 0 Å². The highest BCUT2D eigenvalue weighted by molar-refractivity contribution is 7.89. The van der Waals surface area contributed by atoms with E-state index in [4.69, 9.17) is 14.9 Å². The molecule has 0 bridgehead atoms. The van der Waals surface area contributed by atoms with Crippen molar-refractivity contribution in [3.8, 4) is 5.75 Å². The molecule has 2 N–H and O–H groups in total. The molecule has 1 rings (SSSR count). The number of aliphatic hydroxyl groups is 1. The van der Waals surface area contributed by atoms with E-state index >= 15 is 0 Å². The van der Waals surface area contributed by atoms with Crippen molar-refractivity contribution >= 4 is 16.0 Å². The van der Waals surface area contributed by atoms with Gasteiger partial charge in [0, 0.05) is 19.7 Å². The Bertz CT molecular complexity index is 599. The smallest absolute Gasteiger partial charge is 0.339 e. The van der Waals surface area contributed by atoms with Crippen LogP contribution in [-0.4, -0.2) is 55.7 Å². The molecule has 1 aromatic carbocycles. The number of aliphatic hydroxyl groups excluding tert-OH is 1. The van der Waals surface area contributed by atoms with Gasteiger partial charge in [-0.1, -0.05) is 6.92 Å². The van der Waals surface area contributed by atoms with Gasteiger partial charge in [0.25, 0.3) is 0 Å². The van der Waals surface area contributed by atoms with Gasteiger partial charge in [-0.3, -0.25) is 0 Å². The first kappa shape index (κ1) is 17.4. The van der Waals surface area contributed by atoms with Gasteiger partial charge in [0.15, 0.2) is 0 Å². The Hall–Kier alpha value is -1.64. The largest absolute Gasteiger partial charge is 0.496 e. The van der Waals surface area contributed by atoms with Crippen LogP contribution in [0.1, 0.15) is 23.7 Å². The first-order valence-electron chi connectivity index (χ1n) is 6.40. The summed E-state index contributed by atoms with van der Waals surface area (Å²) in [6, 6.07) is 3.70. The van der Waals surface area contributed by atoms with Gasteiger partial charge in [-0.15, -0.1) is 0 Å². The number of carboxylic acids is 1. The number of rotatable bonds is 8. The minimum Gasteiger partial charge on any atom is -0.496 e. The number of methoxy groups -OCH3 is 1. The van der Waals surface area contributed by atoms with Crippen LogP contribution in [0.4, 0.5) is 0 Å². The lowest BCUT2D eigenvalue weighted by molar-refractivity contribution is 0.0693. The summed E-state index contributed by atoms with van der Waals surface area (Å²) >= 11 is 0. The Morgan fingerprint density at radius 2 is 2.05 bits per heavy atom. The number of aromatic carboxylic acids is 1. The standard InChI is InChI=1S/C13H19NO6S/c1-3-14(7-4-8-15)21(18,19)10-5-6-12(20-2)11(9-10)13(16)17/h5-6,9,15H,3-4,7-8H2,1-2H3,(H,16,17). The quantitative estimate of drug-likeness (QED) is 0.734. The zero-order valence-corrected chi connectivity index (χ0v) is 12.8. The minimum atomic E-state index is -3.80. The molecule has 0 spiro atoms. The van der Waals surface area contributed by atoms with Crippen LogP contribution in [0.5, 0.6) is 5.75 Å². The molecule has 0 radical (unpaired) electrons. The highest BCUT2D eigenvalue weighted by Crippen LogP contribution is 2.24. The molecule has 1 aromatic rings. The van der Waals surface area contributed by atoms with Crippen LogP contribution in [0.25, 0.3) is 0 Å². The predicted molar refractivity (Wildman–Crippen MR) is 76.1 cm³/mol. The van der Waals surface area contributed by atoms with E-state index in [0.717, 1.165) is 6.07 Å². The molecule has 0 aromatic heterocycles. The normalized spacial score (nSPS) is 11.6. The average molecular weight is 317 g/mol. The van der Waals surface area contributed by atoms with E-state index in [1.165, 1.54) is 23.5 Å². The van der Waals surface area contributed by atoms with Gasteiger partial charge in [-0.2, -0.15) is 4.31 Å². The summed E-state index contributed by atoms with van der Waals surface area (Å²) in [5.74, 6) is -1.16. The average Bonchev–Trinajstić information content (AvgIpc) is 2.46. The van der Waals surface area contributed by atoms with Gasteiger partial charge in [0.2, 0.25) is 10.0 Å². The Balaban J connectivity index is 3.24. The van der Waals surface area contributed by atoms with Gasteiger partial charge >= 0.3 is 5.97 Å². The molecule has 118 valence electrons. The van der Waals surface area contributed by atoms with E-state index < -0.39 is 16.0 Å². The van der Waals surface area contributed by atoms with Gasteiger partial charge in [0.05, 0.1) is 12.0 Å². The summed E-state index contributed by atoms with van der Waals surface area (Å²) in [6.07, 6.45) is 0.314. The van der Waals surface area contributed by atoms with E-state index in [1.807, 2.05) is 0 Å². The first-order valence-corrected chi connectivity index (χ1v) is 7.84. The highest BCUT2D eigenvalue weighted by Gasteiger charge is 2.25. The van der Waals surface area contributed by atoms with Crippen molar-refractivity contribution in [2.45, 2.75) is 18.2 Å². The fourth-order valence-corrected chi connectivity index (χ4v) is 3.37. The van der Waals surface area contributed by atoms with Gasteiger partial charge in [-0.25, -0.2) is 13.2 Å². The summed E-state index contributed by atoms with van der Waals surface area (Å²) in [4.78, 5) is 11.0. The lowest BCUT2D eigenvalue weighted by atomic mass is 10.2. The Morgan fingerprint density at radius 1 is 1.38 bits per heavy atom. The Morgan fingerprint density at radius 3 is 2.52 bits per heavy atom. The second-order valence-electron chi connectivity index (χ2n) is 4.24. The number of hydrogen-bond donors (Lipinski definition) is 2. The van der Waals surface area contributed by atoms with E-state index in [-0.39, 0.29) is 35.9 Å². The maximum atomic E-state index is 12.5. The predicted octanol–water partition coefficient (Wildman–Crippen LogP) is 0.786. The lowest BCUT2D eigenvalue weighted by Crippen LogP contribution is -2.32. The second kappa shape index (κ2) is 7.39. The molecule has 0 amide bonds. The van der Waals surface area contributed by atoms with Crippen LogP contribution in [0.2, 0.25) is 0 Å². The number of hydrogen-bond acceptors (Lipinski definition) is 5. The summed E-state index contributed by atoms with van der Waals surface area (Å²) in [6.45, 7) is 1.96. The van der Waals surface area contributed by atoms with Crippen LogP contribution >= 0.6 is 0 Å². The molecule has 0 heterocycles. The molecule has 0 saturated heterocycles. The van der Waals surface area contributed by atoms with Gasteiger partial charge < -0.3 is 14.9 Å². The third-order valence-electron chi connectivity index (χ3n) is 2.96. The molecule has 0 fully saturated rings. The van der Waals surface area contributed by atoms with Gasteiger partial charge in [-0.05, 0) is 24.6 Å². The molecular weight excluding hydrogens is 298 g/mol. The van der Waals surface area contributed by atoms with Crippen LogP contribution in [0, 0.1) is 0 Å². The van der Waals surface area contributed by atoms with Crippen molar-refractivity contribution in [2.75, 3.05) is 26.8 Å². The monoisotopic (exact) mass is 317 g/mol. The van der Waals surface area contributed by atoms with E-state index in [1.54, 1.807) is 6.92 Å². The number of benzene rings is 1. The summed E-state index contributed by atoms with van der Waals surface area (Å²) in [5, 5.41) is 17.9. The van der Waals surface area contributed by atoms with Crippen molar-refractivity contribution in [2.24, 2.45) is 0 Å². The molecule has 0 aliphatic rings. The summed E-state index contributed by atoms with van der Waals surface area (Å²) < 4.78 is 31.0. The molecule has 0 atom stereocenters. The first-order chi connectivity index (χ1) is 9.88. The maximum absolute atomic E-state index is 12.5. The molecule has 7 nitrogen and oxygen atoms in total. The van der Waals surface area contributed by atoms with Crippen molar-refractivity contribution < 1.29 is 28.2 Å². The maximum Gasteiger partial charge on any atom is 0.339 e. The minimum absolute atomic E-state index is 0.0971. The number of ether oxygens (including phenoxy) is 1. The van der Waals surface area contributed by atoms with Crippen LogP contribution in [0.15, 0.2) is 23.1 Å². The van der Waals surface area contributed by atoms with E-state index in [0.29, 0.717) is 6.42 Å². The second-order valence-corrected chi connectivity index (χ2v) is 6.18. The summed E-state index contributed by atoms with van der Waals surface area (Å²) in [5.41, 5.74) is -0.211. The lowest BCUT2D eigenvalue weighted by Gasteiger charge is -2.20. The Labute approximate surface area is 123 Å². The van der Waals surface area contributed by atoms with Crippen molar-refractivity contribution in [1.29, 1.82) is 0 Å². The van der Waals surface area contributed by atoms with Crippen molar-refractivity contribution in [3.63, 3.8) is 0 Å². The van der Waals surface area contributed by atoms with Gasteiger partial charge in [0.1, 0.15) is 11.3 Å². The summed E-state index contributed by atoms with van der Waals surface area (Å²) in [7, 11) is -2.49. The number of sulfonamides is 1. The third kappa shape index (κ3) is 3.93. The molecule has 0 saturated carbocycles. The number of carbonyl (C=O) groups is 1. The molecule has 8 heteroatoms. The number of carboxylic acid groups (broad SMARTS) is 1. The fourth-order valence-electron chi connectivity index (χ4n) is 1.86. The zero-order chi connectivity index (χ0) is 16.0. The third-order valence-corrected chi connectivity index (χ3v) is 4.93. The molecule has 0 unspecified atom stereocenters. The van der Waals surface area contributed by atoms with Crippen LogP contribution in [-0.2, 0) is 10.0 Å². The van der Waals surface area contributed by atoms with Crippen LogP contribution in [0.3, 0.4) is 0 Å². The van der Waals surface area contributed by atoms with E-state index in [9.17, 15) is 13.2 Å². The fraction of sp³-hybridized carbons (Fsp3) is 0.462. The number of nitrogens with zero attached hydrogens (tertiary/aromatic N) is 1. The topological polar surface area (TPSA) is 104 Å². The molecule has 0 aliphatic carbocycles.